The van der Waals surface area contributed by atoms with E-state index in [2.05, 4.69) is 26.6 Å². The number of carbonyl (C=O) groups excluding carboxylic acids is 1. The van der Waals surface area contributed by atoms with Crippen molar-refractivity contribution in [2.75, 3.05) is 19.6 Å². The number of nitrogens with one attached hydrogen (secondary N) is 2. The number of hydrogen-bond donors (Lipinski definition) is 2. The van der Waals surface area contributed by atoms with E-state index in [1.165, 1.54) is 12.8 Å². The van der Waals surface area contributed by atoms with E-state index in [1.807, 2.05) is 12.1 Å². The molecule has 1 unspecified atom stereocenters. The minimum absolute atomic E-state index is 0.0803. The molecule has 1 saturated carbocycles. The van der Waals surface area contributed by atoms with Crippen molar-refractivity contribution in [1.29, 1.82) is 0 Å². The normalized spacial score (nSPS) is 25.7. The van der Waals surface area contributed by atoms with Gasteiger partial charge in [0.25, 0.3) is 5.91 Å². The van der Waals surface area contributed by atoms with Crippen LogP contribution in [0.1, 0.15) is 29.6 Å². The summed E-state index contributed by atoms with van der Waals surface area (Å²) in [5.41, 5.74) is 0.798. The summed E-state index contributed by atoms with van der Waals surface area (Å²) >= 11 is 9.53. The largest absolute Gasteiger partial charge is 0.351 e. The molecule has 2 aliphatic rings. The molecule has 0 bridgehead atoms. The van der Waals surface area contributed by atoms with Gasteiger partial charge in [-0.25, -0.2) is 0 Å². The average Bonchev–Trinajstić information content (AvgIpc) is 3.20. The monoisotopic (exact) mass is 356 g/mol. The van der Waals surface area contributed by atoms with E-state index in [-0.39, 0.29) is 11.3 Å². The third kappa shape index (κ3) is 2.74. The van der Waals surface area contributed by atoms with E-state index in [1.54, 1.807) is 6.07 Å². The molecule has 0 spiro atoms. The van der Waals surface area contributed by atoms with Gasteiger partial charge >= 0.3 is 0 Å². The van der Waals surface area contributed by atoms with Crippen LogP contribution in [0.5, 0.6) is 0 Å². The molecule has 2 fully saturated rings. The zero-order valence-corrected chi connectivity index (χ0v) is 13.6. The molecule has 20 heavy (non-hydrogen) atoms. The van der Waals surface area contributed by atoms with Crippen molar-refractivity contribution in [3.05, 3.63) is 33.3 Å². The van der Waals surface area contributed by atoms with Gasteiger partial charge in [-0.15, -0.1) is 0 Å². The zero-order valence-electron chi connectivity index (χ0n) is 11.2. The maximum Gasteiger partial charge on any atom is 0.252 e. The third-order valence-electron chi connectivity index (χ3n) is 4.52. The summed E-state index contributed by atoms with van der Waals surface area (Å²) in [5.74, 6) is 0.694. The summed E-state index contributed by atoms with van der Waals surface area (Å²) in [4.78, 5) is 12.3. The SMILES string of the molecule is O=C(NCC1(C2CC2)CCNC1)c1cccc(Br)c1Cl. The van der Waals surface area contributed by atoms with Crippen LogP contribution in [0.15, 0.2) is 22.7 Å². The van der Waals surface area contributed by atoms with Crippen molar-refractivity contribution in [2.24, 2.45) is 11.3 Å². The van der Waals surface area contributed by atoms with Crippen LogP contribution in [0.3, 0.4) is 0 Å². The van der Waals surface area contributed by atoms with E-state index >= 15 is 0 Å². The lowest BCUT2D eigenvalue weighted by Gasteiger charge is -2.28. The lowest BCUT2D eigenvalue weighted by atomic mass is 9.81. The smallest absolute Gasteiger partial charge is 0.252 e. The Kier molecular flexibility index (Phi) is 4.07. The lowest BCUT2D eigenvalue weighted by Crippen LogP contribution is -2.40. The number of hydrogen-bond acceptors (Lipinski definition) is 2. The molecule has 1 aromatic rings. The second kappa shape index (κ2) is 5.66. The quantitative estimate of drug-likeness (QED) is 0.868. The summed E-state index contributed by atoms with van der Waals surface area (Å²) in [6.45, 7) is 2.82. The van der Waals surface area contributed by atoms with Crippen LogP contribution in [0.4, 0.5) is 0 Å². The Morgan fingerprint density at radius 3 is 2.95 bits per heavy atom. The van der Waals surface area contributed by atoms with Crippen molar-refractivity contribution in [3.8, 4) is 0 Å². The van der Waals surface area contributed by atoms with Crippen molar-refractivity contribution in [2.45, 2.75) is 19.3 Å². The molecule has 0 aromatic heterocycles. The maximum atomic E-state index is 12.3. The Labute approximate surface area is 132 Å². The van der Waals surface area contributed by atoms with E-state index in [0.717, 1.165) is 36.4 Å². The van der Waals surface area contributed by atoms with Gasteiger partial charge in [0.05, 0.1) is 10.6 Å². The van der Waals surface area contributed by atoms with Crippen LogP contribution < -0.4 is 10.6 Å². The minimum atomic E-state index is -0.0803. The predicted octanol–water partition coefficient (Wildman–Crippen LogP) is 3.22. The first-order chi connectivity index (χ1) is 9.62. The van der Waals surface area contributed by atoms with Crippen LogP contribution >= 0.6 is 27.5 Å². The van der Waals surface area contributed by atoms with Crippen molar-refractivity contribution < 1.29 is 4.79 Å². The Bertz CT molecular complexity index is 525. The van der Waals surface area contributed by atoms with Gasteiger partial charge in [0.15, 0.2) is 0 Å². The second-order valence-electron chi connectivity index (χ2n) is 5.85. The highest BCUT2D eigenvalue weighted by Gasteiger charge is 2.46. The fraction of sp³-hybridized carbons (Fsp3) is 0.533. The molecule has 1 saturated heterocycles. The van der Waals surface area contributed by atoms with Crippen molar-refractivity contribution >= 4 is 33.4 Å². The molecule has 1 heterocycles. The van der Waals surface area contributed by atoms with Gasteiger partial charge in [0.2, 0.25) is 0 Å². The number of halogens is 2. The van der Waals surface area contributed by atoms with Crippen LogP contribution in [-0.4, -0.2) is 25.5 Å². The van der Waals surface area contributed by atoms with Crippen molar-refractivity contribution in [1.82, 2.24) is 10.6 Å². The molecule has 108 valence electrons. The molecular formula is C15H18BrClN2O. The average molecular weight is 358 g/mol. The van der Waals surface area contributed by atoms with E-state index in [9.17, 15) is 4.79 Å². The van der Waals surface area contributed by atoms with Crippen LogP contribution in [0.25, 0.3) is 0 Å². The highest BCUT2D eigenvalue weighted by molar-refractivity contribution is 9.10. The van der Waals surface area contributed by atoms with Gasteiger partial charge in [-0.05, 0) is 59.8 Å². The first kappa shape index (κ1) is 14.4. The van der Waals surface area contributed by atoms with Crippen LogP contribution in [-0.2, 0) is 0 Å². The van der Waals surface area contributed by atoms with E-state index < -0.39 is 0 Å². The van der Waals surface area contributed by atoms with Crippen LogP contribution in [0, 0.1) is 11.3 Å². The Balaban J connectivity index is 1.68. The Hall–Kier alpha value is -0.580. The van der Waals surface area contributed by atoms with Gasteiger partial charge in [0.1, 0.15) is 0 Å². The van der Waals surface area contributed by atoms with E-state index in [4.69, 9.17) is 11.6 Å². The van der Waals surface area contributed by atoms with Crippen molar-refractivity contribution in [3.63, 3.8) is 0 Å². The molecule has 3 nitrogen and oxygen atoms in total. The number of carbonyl (C=O) groups is 1. The summed E-state index contributed by atoms with van der Waals surface area (Å²) in [6, 6.07) is 5.43. The summed E-state index contributed by atoms with van der Waals surface area (Å²) in [7, 11) is 0. The topological polar surface area (TPSA) is 41.1 Å². The third-order valence-corrected chi connectivity index (χ3v) is 5.81. The molecule has 0 radical (unpaired) electrons. The molecule has 2 N–H and O–H groups in total. The number of rotatable bonds is 4. The standard InChI is InChI=1S/C15H18BrClN2O/c16-12-3-1-2-11(13(12)17)14(20)19-9-15(10-4-5-10)6-7-18-8-15/h1-3,10,18H,4-9H2,(H,19,20). The molecular weight excluding hydrogens is 340 g/mol. The number of benzene rings is 1. The lowest BCUT2D eigenvalue weighted by molar-refractivity contribution is 0.0927. The summed E-state index contributed by atoms with van der Waals surface area (Å²) < 4.78 is 0.756. The molecule has 3 rings (SSSR count). The second-order valence-corrected chi connectivity index (χ2v) is 7.08. The first-order valence-corrected chi connectivity index (χ1v) is 8.22. The molecule has 1 atom stereocenters. The van der Waals surface area contributed by atoms with Gasteiger partial charge < -0.3 is 10.6 Å². The highest BCUT2D eigenvalue weighted by Crippen LogP contribution is 2.48. The Morgan fingerprint density at radius 1 is 1.50 bits per heavy atom. The fourth-order valence-corrected chi connectivity index (χ4v) is 3.71. The molecule has 5 heteroatoms. The minimum Gasteiger partial charge on any atom is -0.351 e. The summed E-state index contributed by atoms with van der Waals surface area (Å²) in [5, 5.41) is 7.00. The van der Waals surface area contributed by atoms with Crippen LogP contribution in [0.2, 0.25) is 5.02 Å². The molecule has 1 amide bonds. The van der Waals surface area contributed by atoms with Gasteiger partial charge in [-0.2, -0.15) is 0 Å². The fourth-order valence-electron chi connectivity index (χ4n) is 3.13. The molecule has 1 aromatic carbocycles. The van der Waals surface area contributed by atoms with E-state index in [0.29, 0.717) is 10.6 Å². The van der Waals surface area contributed by atoms with Gasteiger partial charge in [-0.3, -0.25) is 4.79 Å². The van der Waals surface area contributed by atoms with Gasteiger partial charge in [-0.1, -0.05) is 17.7 Å². The summed E-state index contributed by atoms with van der Waals surface area (Å²) in [6.07, 6.45) is 3.76. The maximum absolute atomic E-state index is 12.3. The van der Waals surface area contributed by atoms with Gasteiger partial charge in [0, 0.05) is 23.0 Å². The molecule has 1 aliphatic heterocycles. The Morgan fingerprint density at radius 2 is 2.30 bits per heavy atom. The number of amides is 1. The first-order valence-electron chi connectivity index (χ1n) is 7.05. The predicted molar refractivity (Wildman–Crippen MR) is 84.1 cm³/mol. The zero-order chi connectivity index (χ0) is 14.2. The molecule has 1 aliphatic carbocycles. The highest BCUT2D eigenvalue weighted by atomic mass is 79.9.